The Kier molecular flexibility index (Phi) is 3.28. The highest BCUT2D eigenvalue weighted by Crippen LogP contribution is 2.15. The Labute approximate surface area is 86.9 Å². The Morgan fingerprint density at radius 3 is 2.27 bits per heavy atom. The van der Waals surface area contributed by atoms with E-state index in [4.69, 9.17) is 10.8 Å². The van der Waals surface area contributed by atoms with Crippen molar-refractivity contribution in [1.29, 1.82) is 0 Å². The van der Waals surface area contributed by atoms with Gasteiger partial charge in [-0.25, -0.2) is 4.79 Å². The number of aliphatic carboxylic acids is 1. The van der Waals surface area contributed by atoms with E-state index in [0.29, 0.717) is 11.3 Å². The molecule has 4 N–H and O–H groups in total. The molecule has 5 nitrogen and oxygen atoms in total. The lowest BCUT2D eigenvalue weighted by molar-refractivity contribution is -0.141. The van der Waals surface area contributed by atoms with Crippen molar-refractivity contribution in [2.75, 3.05) is 5.73 Å². The van der Waals surface area contributed by atoms with Crippen LogP contribution in [0.4, 0.5) is 5.69 Å². The van der Waals surface area contributed by atoms with Crippen LogP contribution in [0.25, 0.3) is 0 Å². The minimum absolute atomic E-state index is 0.390. The maximum atomic E-state index is 10.9. The summed E-state index contributed by atoms with van der Waals surface area (Å²) in [6, 6.07) is 5.30. The summed E-state index contributed by atoms with van der Waals surface area (Å²) in [5.41, 5.74) is 6.51. The predicted octanol–water partition coefficient (Wildman–Crippen LogP) is 0.531. The first-order valence-electron chi connectivity index (χ1n) is 4.36. The minimum Gasteiger partial charge on any atom is -0.479 e. The second-order valence-corrected chi connectivity index (χ2v) is 3.14. The molecule has 0 aliphatic rings. The molecule has 1 unspecified atom stereocenters. The fourth-order valence-electron chi connectivity index (χ4n) is 1.18. The van der Waals surface area contributed by atoms with Crippen LogP contribution >= 0.6 is 0 Å². The molecule has 1 amide bonds. The number of anilines is 1. The van der Waals surface area contributed by atoms with E-state index in [1.54, 1.807) is 24.3 Å². The first kappa shape index (κ1) is 11.0. The molecule has 0 radical (unpaired) electrons. The molecule has 0 aliphatic heterocycles. The molecule has 80 valence electrons. The van der Waals surface area contributed by atoms with Crippen LogP contribution in [0.2, 0.25) is 0 Å². The molecule has 5 heteroatoms. The number of benzene rings is 1. The summed E-state index contributed by atoms with van der Waals surface area (Å²) in [4.78, 5) is 21.7. The molecule has 15 heavy (non-hydrogen) atoms. The fraction of sp³-hybridized carbons (Fsp3) is 0.200. The average Bonchev–Trinajstić information content (AvgIpc) is 2.15. The zero-order valence-corrected chi connectivity index (χ0v) is 8.23. The van der Waals surface area contributed by atoms with Gasteiger partial charge in [-0.05, 0) is 17.7 Å². The number of carboxylic acid groups (broad SMARTS) is 1. The third kappa shape index (κ3) is 2.98. The zero-order valence-electron chi connectivity index (χ0n) is 8.23. The quantitative estimate of drug-likeness (QED) is 0.632. The van der Waals surface area contributed by atoms with E-state index in [1.807, 2.05) is 0 Å². The summed E-state index contributed by atoms with van der Waals surface area (Å²) in [6.07, 6.45) is 0. The summed E-state index contributed by atoms with van der Waals surface area (Å²) in [5.74, 6) is -1.49. The summed E-state index contributed by atoms with van der Waals surface area (Å²) >= 11 is 0. The molecule has 0 aromatic heterocycles. The summed E-state index contributed by atoms with van der Waals surface area (Å²) < 4.78 is 0. The van der Waals surface area contributed by atoms with Crippen LogP contribution in [0, 0.1) is 0 Å². The van der Waals surface area contributed by atoms with E-state index in [2.05, 4.69) is 5.32 Å². The van der Waals surface area contributed by atoms with Gasteiger partial charge in [0.1, 0.15) is 0 Å². The van der Waals surface area contributed by atoms with E-state index in [-0.39, 0.29) is 5.91 Å². The molecular formula is C10H12N2O3. The lowest BCUT2D eigenvalue weighted by Gasteiger charge is -2.13. The van der Waals surface area contributed by atoms with Gasteiger partial charge >= 0.3 is 5.97 Å². The molecule has 1 aromatic rings. The van der Waals surface area contributed by atoms with Crippen molar-refractivity contribution in [3.05, 3.63) is 29.8 Å². The Hall–Kier alpha value is -2.04. The van der Waals surface area contributed by atoms with Crippen molar-refractivity contribution in [1.82, 2.24) is 5.32 Å². The number of amides is 1. The van der Waals surface area contributed by atoms with Crippen molar-refractivity contribution in [3.63, 3.8) is 0 Å². The normalized spacial score (nSPS) is 11.8. The number of carbonyl (C=O) groups is 2. The van der Waals surface area contributed by atoms with E-state index in [1.165, 1.54) is 6.92 Å². The number of hydrogen-bond donors (Lipinski definition) is 3. The molecule has 0 aliphatic carbocycles. The topological polar surface area (TPSA) is 92.4 Å². The van der Waals surface area contributed by atoms with Gasteiger partial charge in [-0.3, -0.25) is 4.79 Å². The van der Waals surface area contributed by atoms with Crippen molar-refractivity contribution in [2.24, 2.45) is 0 Å². The Morgan fingerprint density at radius 2 is 1.87 bits per heavy atom. The van der Waals surface area contributed by atoms with Gasteiger partial charge in [0.05, 0.1) is 0 Å². The molecule has 0 fully saturated rings. The van der Waals surface area contributed by atoms with E-state index in [0.717, 1.165) is 0 Å². The largest absolute Gasteiger partial charge is 0.479 e. The van der Waals surface area contributed by atoms with E-state index in [9.17, 15) is 9.59 Å². The predicted molar refractivity (Wildman–Crippen MR) is 55.0 cm³/mol. The van der Waals surface area contributed by atoms with Crippen LogP contribution in [-0.2, 0) is 9.59 Å². The smallest absolute Gasteiger partial charge is 0.330 e. The maximum Gasteiger partial charge on any atom is 0.330 e. The van der Waals surface area contributed by atoms with Crippen LogP contribution in [0.15, 0.2) is 24.3 Å². The van der Waals surface area contributed by atoms with Crippen LogP contribution < -0.4 is 11.1 Å². The molecule has 1 rings (SSSR count). The molecule has 0 spiro atoms. The monoisotopic (exact) mass is 208 g/mol. The maximum absolute atomic E-state index is 10.9. The van der Waals surface area contributed by atoms with Gasteiger partial charge in [0.15, 0.2) is 6.04 Å². The molecular weight excluding hydrogens is 196 g/mol. The van der Waals surface area contributed by atoms with Gasteiger partial charge < -0.3 is 16.2 Å². The van der Waals surface area contributed by atoms with Crippen molar-refractivity contribution in [3.8, 4) is 0 Å². The molecule has 0 heterocycles. The van der Waals surface area contributed by atoms with Crippen LogP contribution in [0.5, 0.6) is 0 Å². The minimum atomic E-state index is -1.10. The highest BCUT2D eigenvalue weighted by Gasteiger charge is 2.19. The third-order valence-corrected chi connectivity index (χ3v) is 1.86. The Bertz CT molecular complexity index is 373. The number of nitrogen functional groups attached to an aromatic ring is 1. The second-order valence-electron chi connectivity index (χ2n) is 3.14. The summed E-state index contributed by atoms with van der Waals surface area (Å²) in [7, 11) is 0. The number of carboxylic acids is 1. The summed E-state index contributed by atoms with van der Waals surface area (Å²) in [5, 5.41) is 11.2. The first-order chi connectivity index (χ1) is 7.00. The van der Waals surface area contributed by atoms with Gasteiger partial charge in [-0.2, -0.15) is 0 Å². The van der Waals surface area contributed by atoms with E-state index >= 15 is 0 Å². The van der Waals surface area contributed by atoms with Crippen molar-refractivity contribution >= 4 is 17.6 Å². The van der Waals surface area contributed by atoms with Gasteiger partial charge in [0.25, 0.3) is 0 Å². The average molecular weight is 208 g/mol. The van der Waals surface area contributed by atoms with Gasteiger partial charge in [-0.1, -0.05) is 12.1 Å². The van der Waals surface area contributed by atoms with Crippen molar-refractivity contribution < 1.29 is 14.7 Å². The molecule has 0 saturated carbocycles. The van der Waals surface area contributed by atoms with Crippen LogP contribution in [0.1, 0.15) is 18.5 Å². The van der Waals surface area contributed by atoms with Crippen molar-refractivity contribution in [2.45, 2.75) is 13.0 Å². The fourth-order valence-corrected chi connectivity index (χ4v) is 1.18. The molecule has 0 bridgehead atoms. The third-order valence-electron chi connectivity index (χ3n) is 1.86. The van der Waals surface area contributed by atoms with Gasteiger partial charge in [0.2, 0.25) is 5.91 Å². The van der Waals surface area contributed by atoms with Crippen LogP contribution in [-0.4, -0.2) is 17.0 Å². The second kappa shape index (κ2) is 4.45. The molecule has 1 aromatic carbocycles. The molecule has 1 atom stereocenters. The summed E-state index contributed by atoms with van der Waals surface area (Å²) in [6.45, 7) is 1.27. The lowest BCUT2D eigenvalue weighted by Crippen LogP contribution is -2.31. The number of nitrogens with one attached hydrogen (secondary N) is 1. The lowest BCUT2D eigenvalue weighted by atomic mass is 10.1. The van der Waals surface area contributed by atoms with Gasteiger partial charge in [-0.15, -0.1) is 0 Å². The highest BCUT2D eigenvalue weighted by molar-refractivity contribution is 5.83. The number of carbonyl (C=O) groups excluding carboxylic acids is 1. The van der Waals surface area contributed by atoms with E-state index < -0.39 is 12.0 Å². The number of rotatable bonds is 3. The number of nitrogens with two attached hydrogens (primary N) is 1. The molecule has 0 saturated heterocycles. The standard InChI is InChI=1S/C10H12N2O3/c1-6(13)12-9(10(14)15)7-2-4-8(11)5-3-7/h2-5,9H,11H2,1H3,(H,12,13)(H,14,15). The highest BCUT2D eigenvalue weighted by atomic mass is 16.4. The Morgan fingerprint density at radius 1 is 1.33 bits per heavy atom. The van der Waals surface area contributed by atoms with Gasteiger partial charge in [0, 0.05) is 12.6 Å². The first-order valence-corrected chi connectivity index (χ1v) is 4.36. The SMILES string of the molecule is CC(=O)NC(C(=O)O)c1ccc(N)cc1. The Balaban J connectivity index is 2.94. The number of hydrogen-bond acceptors (Lipinski definition) is 3. The van der Waals surface area contributed by atoms with Crippen LogP contribution in [0.3, 0.4) is 0 Å². The zero-order chi connectivity index (χ0) is 11.4.